The zero-order valence-electron chi connectivity index (χ0n) is 13.0. The van der Waals surface area contributed by atoms with Crippen molar-refractivity contribution in [2.24, 2.45) is 4.99 Å². The van der Waals surface area contributed by atoms with Gasteiger partial charge in [-0.05, 0) is 31.2 Å². The van der Waals surface area contributed by atoms with E-state index in [0.29, 0.717) is 29.2 Å². The first-order chi connectivity index (χ1) is 11.9. The maximum atomic E-state index is 13.0. The van der Waals surface area contributed by atoms with E-state index in [1.807, 2.05) is 6.92 Å². The van der Waals surface area contributed by atoms with Crippen molar-refractivity contribution in [3.63, 3.8) is 0 Å². The highest BCUT2D eigenvalue weighted by atomic mass is 19.4. The summed E-state index contributed by atoms with van der Waals surface area (Å²) in [6.07, 6.45) is 0.658. The molecule has 0 fully saturated rings. The maximum Gasteiger partial charge on any atom is 0.433 e. The van der Waals surface area contributed by atoms with E-state index in [9.17, 15) is 18.0 Å². The van der Waals surface area contributed by atoms with Crippen LogP contribution in [0.2, 0.25) is 0 Å². The maximum absolute atomic E-state index is 13.0. The Balaban J connectivity index is 1.87. The molecule has 1 aliphatic heterocycles. The monoisotopic (exact) mass is 347 g/mol. The summed E-state index contributed by atoms with van der Waals surface area (Å²) in [5.74, 6) is -0.367. The molecule has 2 aromatic rings. The third-order valence-electron chi connectivity index (χ3n) is 4.08. The van der Waals surface area contributed by atoms with Gasteiger partial charge in [0, 0.05) is 12.5 Å². The molecule has 0 spiro atoms. The number of nitrogens with zero attached hydrogens (tertiary/aromatic N) is 4. The van der Waals surface area contributed by atoms with E-state index in [0.717, 1.165) is 6.07 Å². The second kappa shape index (κ2) is 5.27. The molecule has 1 N–H and O–H groups in total. The highest BCUT2D eigenvalue weighted by Crippen LogP contribution is 2.34. The Bertz CT molecular complexity index is 984. The number of amides is 2. The molecule has 25 heavy (non-hydrogen) atoms. The van der Waals surface area contributed by atoms with Gasteiger partial charge >= 0.3 is 12.2 Å². The first kappa shape index (κ1) is 15.6. The van der Waals surface area contributed by atoms with Gasteiger partial charge in [0.15, 0.2) is 0 Å². The number of pyridine rings is 1. The fraction of sp³-hybridized carbons (Fsp3) is 0.250. The molecular formula is C16H12F3N5O. The number of rotatable bonds is 2. The molecule has 1 unspecified atom stereocenters. The summed E-state index contributed by atoms with van der Waals surface area (Å²) in [7, 11) is 0. The quantitative estimate of drug-likeness (QED) is 0.907. The molecule has 2 amide bonds. The van der Waals surface area contributed by atoms with Gasteiger partial charge in [-0.2, -0.15) is 23.3 Å². The van der Waals surface area contributed by atoms with Gasteiger partial charge in [-0.25, -0.2) is 9.78 Å². The summed E-state index contributed by atoms with van der Waals surface area (Å²) in [5.41, 5.74) is 1.24. The minimum atomic E-state index is -4.53. The highest BCUT2D eigenvalue weighted by molar-refractivity contribution is 6.19. The molecule has 2 aliphatic rings. The molecule has 0 saturated carbocycles. The number of allylic oxidation sites excluding steroid dienone is 3. The highest BCUT2D eigenvalue weighted by Gasteiger charge is 2.34. The summed E-state index contributed by atoms with van der Waals surface area (Å²) < 4.78 is 40.7. The summed E-state index contributed by atoms with van der Waals surface area (Å²) in [6, 6.07) is 1.79. The van der Waals surface area contributed by atoms with Crippen molar-refractivity contribution in [1.82, 2.24) is 20.1 Å². The second-order valence-electron chi connectivity index (χ2n) is 5.66. The average Bonchev–Trinajstić information content (AvgIpc) is 3.11. The molecule has 128 valence electrons. The molecule has 9 heteroatoms. The number of hydrogen-bond donors (Lipinski definition) is 1. The van der Waals surface area contributed by atoms with E-state index >= 15 is 0 Å². The SMILES string of the molecule is CCn1nc2ccc(C(F)(F)F)nc2c1C1C=CC2=NC(=O)NC2=C1. The molecule has 4 rings (SSSR count). The predicted octanol–water partition coefficient (Wildman–Crippen LogP) is 3.17. The van der Waals surface area contributed by atoms with E-state index < -0.39 is 17.9 Å². The summed E-state index contributed by atoms with van der Waals surface area (Å²) in [6.45, 7) is 2.33. The number of hydrogen-bond acceptors (Lipinski definition) is 3. The van der Waals surface area contributed by atoms with Crippen LogP contribution in [0.25, 0.3) is 11.0 Å². The second-order valence-corrected chi connectivity index (χ2v) is 5.66. The zero-order valence-corrected chi connectivity index (χ0v) is 13.0. The van der Waals surface area contributed by atoms with Gasteiger partial charge in [0.1, 0.15) is 16.7 Å². The zero-order chi connectivity index (χ0) is 17.8. The number of aliphatic imine (C=N–C) groups is 1. The van der Waals surface area contributed by atoms with Crippen molar-refractivity contribution in [2.75, 3.05) is 0 Å². The van der Waals surface area contributed by atoms with Crippen LogP contribution in [0.5, 0.6) is 0 Å². The number of fused-ring (bicyclic) bond motifs is 2. The normalized spacial score (nSPS) is 19.7. The lowest BCUT2D eigenvalue weighted by atomic mass is 9.96. The van der Waals surface area contributed by atoms with Crippen molar-refractivity contribution in [1.29, 1.82) is 0 Å². The van der Waals surface area contributed by atoms with Crippen LogP contribution in [-0.2, 0) is 12.7 Å². The molecule has 2 aromatic heterocycles. The number of nitrogens with one attached hydrogen (secondary N) is 1. The van der Waals surface area contributed by atoms with E-state index in [-0.39, 0.29) is 11.4 Å². The third kappa shape index (κ3) is 2.51. The number of aromatic nitrogens is 3. The van der Waals surface area contributed by atoms with Crippen LogP contribution in [0.4, 0.5) is 18.0 Å². The molecule has 6 nitrogen and oxygen atoms in total. The van der Waals surface area contributed by atoms with Crippen LogP contribution in [0.1, 0.15) is 24.2 Å². The minimum Gasteiger partial charge on any atom is -0.304 e. The van der Waals surface area contributed by atoms with Gasteiger partial charge in [-0.15, -0.1) is 0 Å². The van der Waals surface area contributed by atoms with Gasteiger partial charge < -0.3 is 5.32 Å². The van der Waals surface area contributed by atoms with E-state index in [1.54, 1.807) is 22.9 Å². The van der Waals surface area contributed by atoms with Gasteiger partial charge in [-0.3, -0.25) is 4.68 Å². The van der Waals surface area contributed by atoms with Gasteiger partial charge in [0.2, 0.25) is 0 Å². The van der Waals surface area contributed by atoms with Crippen molar-refractivity contribution < 1.29 is 18.0 Å². The van der Waals surface area contributed by atoms with Crippen molar-refractivity contribution in [2.45, 2.75) is 25.6 Å². The topological polar surface area (TPSA) is 72.2 Å². The van der Waals surface area contributed by atoms with Gasteiger partial charge in [0.05, 0.1) is 17.1 Å². The fourth-order valence-corrected chi connectivity index (χ4v) is 2.99. The van der Waals surface area contributed by atoms with Gasteiger partial charge in [0.25, 0.3) is 0 Å². The Morgan fingerprint density at radius 2 is 2.12 bits per heavy atom. The number of urea groups is 1. The summed E-state index contributed by atoms with van der Waals surface area (Å²) in [4.78, 5) is 19.0. The Hall–Kier alpha value is -2.97. The third-order valence-corrected chi connectivity index (χ3v) is 4.08. The lowest BCUT2D eigenvalue weighted by Crippen LogP contribution is -2.18. The van der Waals surface area contributed by atoms with Gasteiger partial charge in [-0.1, -0.05) is 6.08 Å². The smallest absolute Gasteiger partial charge is 0.304 e. The largest absolute Gasteiger partial charge is 0.433 e. The number of aryl methyl sites for hydroxylation is 1. The minimum absolute atomic E-state index is 0.202. The Kier molecular flexibility index (Phi) is 3.28. The summed E-state index contributed by atoms with van der Waals surface area (Å²) >= 11 is 0. The molecule has 0 radical (unpaired) electrons. The van der Waals surface area contributed by atoms with Crippen molar-refractivity contribution in [3.05, 3.63) is 47.4 Å². The first-order valence-electron chi connectivity index (χ1n) is 7.61. The predicted molar refractivity (Wildman–Crippen MR) is 84.1 cm³/mol. The number of carbonyl (C=O) groups is 1. The number of alkyl halides is 3. The number of carbonyl (C=O) groups excluding carboxylic acids is 1. The molecule has 1 aliphatic carbocycles. The fourth-order valence-electron chi connectivity index (χ4n) is 2.99. The molecule has 1 atom stereocenters. The molecule has 0 saturated heterocycles. The Morgan fingerprint density at radius 3 is 2.84 bits per heavy atom. The van der Waals surface area contributed by atoms with Crippen LogP contribution >= 0.6 is 0 Å². The van der Waals surface area contributed by atoms with Crippen LogP contribution in [0.3, 0.4) is 0 Å². The average molecular weight is 347 g/mol. The number of halogens is 3. The van der Waals surface area contributed by atoms with Crippen LogP contribution < -0.4 is 5.32 Å². The first-order valence-corrected chi connectivity index (χ1v) is 7.61. The lowest BCUT2D eigenvalue weighted by molar-refractivity contribution is -0.140. The van der Waals surface area contributed by atoms with Crippen LogP contribution in [0, 0.1) is 0 Å². The van der Waals surface area contributed by atoms with Crippen LogP contribution in [0.15, 0.2) is 41.1 Å². The molecule has 0 aromatic carbocycles. The van der Waals surface area contributed by atoms with Crippen molar-refractivity contribution >= 4 is 22.8 Å². The lowest BCUT2D eigenvalue weighted by Gasteiger charge is -2.16. The molecule has 0 bridgehead atoms. The standard InChI is InChI=1S/C16H12F3N5O/c1-2-24-14(8-3-4-9-11(7-8)21-15(25)20-9)13-10(23-24)5-6-12(22-13)16(17,18)19/h3-8H,2H2,1H3,(H,21,25). The van der Waals surface area contributed by atoms with E-state index in [4.69, 9.17) is 0 Å². The molecule has 3 heterocycles. The Labute approximate surface area is 139 Å². The Morgan fingerprint density at radius 1 is 1.32 bits per heavy atom. The van der Waals surface area contributed by atoms with E-state index in [1.165, 1.54) is 6.07 Å². The van der Waals surface area contributed by atoms with Crippen LogP contribution in [-0.4, -0.2) is 26.5 Å². The van der Waals surface area contributed by atoms with Crippen molar-refractivity contribution in [3.8, 4) is 0 Å². The molecular weight excluding hydrogens is 335 g/mol. The van der Waals surface area contributed by atoms with E-state index in [2.05, 4.69) is 20.4 Å². The summed E-state index contributed by atoms with van der Waals surface area (Å²) in [5, 5.41) is 6.94.